The quantitative estimate of drug-likeness (QED) is 0.0880. The Morgan fingerprint density at radius 2 is 1.36 bits per heavy atom. The van der Waals surface area contributed by atoms with Crippen molar-refractivity contribution >= 4 is 7.82 Å². The maximum Gasteiger partial charge on any atom is 0.472 e. The van der Waals surface area contributed by atoms with Crippen molar-refractivity contribution in [2.24, 2.45) is 0 Å². The van der Waals surface area contributed by atoms with Gasteiger partial charge in [-0.15, -0.1) is 0 Å². The molecule has 0 aliphatic rings. The maximum atomic E-state index is 11.8. The Bertz CT molecular complexity index is 828. The zero-order valence-corrected chi connectivity index (χ0v) is 25.7. The van der Waals surface area contributed by atoms with Crippen molar-refractivity contribution in [2.75, 3.05) is 20.8 Å². The summed E-state index contributed by atoms with van der Waals surface area (Å²) in [4.78, 5) is 9.61. The molecule has 0 aliphatic heterocycles. The van der Waals surface area contributed by atoms with Crippen molar-refractivity contribution in [1.82, 2.24) is 0 Å². The molecule has 0 amide bonds. The molecule has 8 heteroatoms. The summed E-state index contributed by atoms with van der Waals surface area (Å²) in [5, 5.41) is 9.16. The van der Waals surface area contributed by atoms with E-state index in [1.807, 2.05) is 6.07 Å². The first-order valence-electron chi connectivity index (χ1n) is 15.2. The summed E-state index contributed by atoms with van der Waals surface area (Å²) in [6.45, 7) is 2.54. The van der Waals surface area contributed by atoms with Crippen LogP contribution >= 0.6 is 7.82 Å². The molecule has 0 aliphatic carbocycles. The monoisotopic (exact) mass is 567 g/mol. The largest absolute Gasteiger partial charge is 0.495 e. The Labute approximate surface area is 238 Å². The molecule has 0 aromatic heterocycles. The molecule has 0 radical (unpaired) electrons. The van der Waals surface area contributed by atoms with Gasteiger partial charge in [-0.2, -0.15) is 5.26 Å². The zero-order chi connectivity index (χ0) is 28.6. The van der Waals surface area contributed by atoms with E-state index in [0.29, 0.717) is 11.3 Å². The summed E-state index contributed by atoms with van der Waals surface area (Å²) in [5.41, 5.74) is 1.32. The molecule has 1 aromatic rings. The molecular formula is C31H54NO6P. The molecule has 0 saturated carbocycles. The Morgan fingerprint density at radius 3 is 1.82 bits per heavy atom. The van der Waals surface area contributed by atoms with Gasteiger partial charge in [0.05, 0.1) is 32.0 Å². The highest BCUT2D eigenvalue weighted by molar-refractivity contribution is 7.47. The summed E-state index contributed by atoms with van der Waals surface area (Å²) in [6, 6.07) is 7.39. The minimum atomic E-state index is -4.06. The predicted octanol–water partition coefficient (Wildman–Crippen LogP) is 9.26. The van der Waals surface area contributed by atoms with Crippen LogP contribution in [0.2, 0.25) is 0 Å². The summed E-state index contributed by atoms with van der Waals surface area (Å²) < 4.78 is 32.7. The van der Waals surface area contributed by atoms with Crippen LogP contribution in [0.25, 0.3) is 0 Å². The van der Waals surface area contributed by atoms with E-state index in [1.165, 1.54) is 103 Å². The van der Waals surface area contributed by atoms with Crippen molar-refractivity contribution in [3.63, 3.8) is 0 Å². The van der Waals surface area contributed by atoms with Crippen LogP contribution in [0.15, 0.2) is 18.2 Å². The second kappa shape index (κ2) is 23.3. The molecule has 0 bridgehead atoms. The molecule has 1 rings (SSSR count). The second-order valence-corrected chi connectivity index (χ2v) is 12.0. The highest BCUT2D eigenvalue weighted by atomic mass is 31.2. The molecule has 2 atom stereocenters. The van der Waals surface area contributed by atoms with Crippen LogP contribution in [0.4, 0.5) is 0 Å². The average Bonchev–Trinajstić information content (AvgIpc) is 2.95. The number of methoxy groups -OCH3 is 1. The molecule has 39 heavy (non-hydrogen) atoms. The molecule has 7 nitrogen and oxygen atoms in total. The van der Waals surface area contributed by atoms with Gasteiger partial charge in [-0.25, -0.2) is 4.57 Å². The third kappa shape index (κ3) is 18.5. The maximum absolute atomic E-state index is 11.8. The van der Waals surface area contributed by atoms with Crippen LogP contribution in [0.5, 0.6) is 5.75 Å². The fourth-order valence-electron chi connectivity index (χ4n) is 4.67. The number of ether oxygens (including phenoxy) is 2. The lowest BCUT2D eigenvalue weighted by Gasteiger charge is -2.19. The third-order valence-electron chi connectivity index (χ3n) is 7.16. The average molecular weight is 568 g/mol. The fraction of sp³-hybridized carbons (Fsp3) is 0.774. The molecule has 0 fully saturated rings. The molecule has 1 N–H and O–H groups in total. The van der Waals surface area contributed by atoms with Gasteiger partial charge in [-0.1, -0.05) is 122 Å². The molecule has 1 unspecified atom stereocenters. The number of unbranched alkanes of at least 4 members (excludes halogenated alkanes) is 16. The Hall–Kier alpha value is -1.42. The van der Waals surface area contributed by atoms with E-state index in [0.717, 1.165) is 31.9 Å². The normalized spacial score (nSPS) is 13.6. The molecular weight excluding hydrogens is 513 g/mol. The molecule has 0 heterocycles. The number of phosphoric acid groups is 1. The topological polar surface area (TPSA) is 98.0 Å². The van der Waals surface area contributed by atoms with Crippen LogP contribution in [0.3, 0.4) is 0 Å². The van der Waals surface area contributed by atoms with Crippen LogP contribution in [0, 0.1) is 11.3 Å². The van der Waals surface area contributed by atoms with Crippen LogP contribution in [0.1, 0.15) is 134 Å². The minimum Gasteiger partial charge on any atom is -0.495 e. The molecule has 0 saturated heterocycles. The van der Waals surface area contributed by atoms with Crippen molar-refractivity contribution in [3.05, 3.63) is 29.3 Å². The lowest BCUT2D eigenvalue weighted by Crippen LogP contribution is -2.19. The van der Waals surface area contributed by atoms with Gasteiger partial charge in [0, 0.05) is 7.11 Å². The first kappa shape index (κ1) is 35.6. The van der Waals surface area contributed by atoms with Gasteiger partial charge in [0.25, 0.3) is 0 Å². The van der Waals surface area contributed by atoms with Crippen molar-refractivity contribution in [3.8, 4) is 11.8 Å². The number of nitriles is 1. The number of benzene rings is 1. The summed E-state index contributed by atoms with van der Waals surface area (Å²) >= 11 is 0. The van der Waals surface area contributed by atoms with Crippen molar-refractivity contribution < 1.29 is 28.0 Å². The molecule has 1 aromatic carbocycles. The number of hydrogen-bond donors (Lipinski definition) is 1. The first-order valence-corrected chi connectivity index (χ1v) is 16.7. The smallest absolute Gasteiger partial charge is 0.472 e. The van der Waals surface area contributed by atoms with Gasteiger partial charge < -0.3 is 14.4 Å². The Balaban J connectivity index is 2.19. The van der Waals surface area contributed by atoms with Crippen molar-refractivity contribution in [1.29, 1.82) is 5.26 Å². The van der Waals surface area contributed by atoms with E-state index < -0.39 is 7.82 Å². The van der Waals surface area contributed by atoms with E-state index in [1.54, 1.807) is 12.1 Å². The van der Waals surface area contributed by atoms with E-state index in [2.05, 4.69) is 17.5 Å². The Morgan fingerprint density at radius 1 is 0.846 bits per heavy atom. The van der Waals surface area contributed by atoms with Gasteiger partial charge in [0.15, 0.2) is 0 Å². The third-order valence-corrected chi connectivity index (χ3v) is 8.09. The molecule has 224 valence electrons. The summed E-state index contributed by atoms with van der Waals surface area (Å²) in [6.07, 6.45) is 22.8. The predicted molar refractivity (Wildman–Crippen MR) is 158 cm³/mol. The summed E-state index contributed by atoms with van der Waals surface area (Å²) in [5.74, 6) is 0.499. The second-order valence-electron chi connectivity index (χ2n) is 10.5. The van der Waals surface area contributed by atoms with E-state index >= 15 is 0 Å². The number of hydrogen-bond acceptors (Lipinski definition) is 6. The number of rotatable bonds is 26. The Kier molecular flexibility index (Phi) is 21.3. The fourth-order valence-corrected chi connectivity index (χ4v) is 5.13. The minimum absolute atomic E-state index is 0.0200. The van der Waals surface area contributed by atoms with E-state index in [-0.39, 0.29) is 19.3 Å². The van der Waals surface area contributed by atoms with Gasteiger partial charge in [0.2, 0.25) is 0 Å². The van der Waals surface area contributed by atoms with Gasteiger partial charge in [0.1, 0.15) is 11.8 Å². The van der Waals surface area contributed by atoms with E-state index in [9.17, 15) is 9.46 Å². The highest BCUT2D eigenvalue weighted by Gasteiger charge is 2.22. The lowest BCUT2D eigenvalue weighted by atomic mass is 10.0. The van der Waals surface area contributed by atoms with Gasteiger partial charge >= 0.3 is 7.82 Å². The zero-order valence-electron chi connectivity index (χ0n) is 24.8. The number of phosphoric ester groups is 1. The standard InChI is InChI=1S/C31H54NO6P/c1-4-5-6-7-8-9-10-11-12-13-14-15-16-17-18-19-20-21-30(27-38-39(33,34)36-3)37-26-28-22-23-29(25-32)31(24-28)35-2/h22-24,30H,4-21,26-27H2,1-3H3,(H,33,34)/t30-/m1/s1. The van der Waals surface area contributed by atoms with Crippen molar-refractivity contribution in [2.45, 2.75) is 135 Å². The van der Waals surface area contributed by atoms with Crippen LogP contribution in [-0.4, -0.2) is 31.8 Å². The van der Waals surface area contributed by atoms with E-state index in [4.69, 9.17) is 19.3 Å². The SMILES string of the molecule is CCCCCCCCCCCCCCCCCCC[C@H](COP(=O)(O)OC)OCc1ccc(C#N)c(OC)c1. The first-order chi connectivity index (χ1) is 19.0. The lowest BCUT2D eigenvalue weighted by molar-refractivity contribution is -0.00513. The van der Waals surface area contributed by atoms with Crippen LogP contribution in [-0.2, 0) is 25.0 Å². The van der Waals surface area contributed by atoms with Gasteiger partial charge in [-0.05, 0) is 24.1 Å². The highest BCUT2D eigenvalue weighted by Crippen LogP contribution is 2.42. The van der Waals surface area contributed by atoms with Gasteiger partial charge in [-0.3, -0.25) is 9.05 Å². The number of nitrogens with zero attached hydrogens (tertiary/aromatic N) is 1. The summed E-state index contributed by atoms with van der Waals surface area (Å²) in [7, 11) is -1.38. The van der Waals surface area contributed by atoms with Crippen LogP contribution < -0.4 is 4.74 Å². The molecule has 0 spiro atoms.